The van der Waals surface area contributed by atoms with Crippen LogP contribution in [0.3, 0.4) is 0 Å². The predicted molar refractivity (Wildman–Crippen MR) is 120 cm³/mol. The first-order chi connectivity index (χ1) is 15.7. The Morgan fingerprint density at radius 2 is 1.91 bits per heavy atom. The Hall–Kier alpha value is -3.58. The summed E-state index contributed by atoms with van der Waals surface area (Å²) in [5.74, 6) is 0.722. The number of nitrogens with zero attached hydrogens (tertiary/aromatic N) is 4. The fraction of sp³-hybridized carbons (Fsp3) is 0.280. The van der Waals surface area contributed by atoms with Gasteiger partial charge in [0.1, 0.15) is 11.3 Å². The van der Waals surface area contributed by atoms with E-state index in [1.807, 2.05) is 59.6 Å². The van der Waals surface area contributed by atoms with Crippen LogP contribution >= 0.6 is 0 Å². The van der Waals surface area contributed by atoms with E-state index in [2.05, 4.69) is 15.0 Å². The largest absolute Gasteiger partial charge is 0.368 e. The van der Waals surface area contributed by atoms with E-state index in [1.54, 1.807) is 6.20 Å². The topological polar surface area (TPSA) is 84.0 Å². The minimum atomic E-state index is -0.459. The first-order valence-corrected chi connectivity index (χ1v) is 11.0. The summed E-state index contributed by atoms with van der Waals surface area (Å²) in [6, 6.07) is 15.6. The SMILES string of the molecule is O=C(c1cc2ncccc2[nH]1)N1CCC2(CC1)OCCc1cnc(-c3ccccc3)nc12. The van der Waals surface area contributed by atoms with Gasteiger partial charge in [0.15, 0.2) is 5.82 Å². The molecule has 32 heavy (non-hydrogen) atoms. The molecule has 7 heteroatoms. The molecule has 5 heterocycles. The molecule has 1 fully saturated rings. The average molecular weight is 425 g/mol. The molecule has 160 valence electrons. The van der Waals surface area contributed by atoms with Gasteiger partial charge < -0.3 is 14.6 Å². The van der Waals surface area contributed by atoms with Crippen LogP contribution in [0.25, 0.3) is 22.4 Å². The van der Waals surface area contributed by atoms with Crippen molar-refractivity contribution in [2.24, 2.45) is 0 Å². The van der Waals surface area contributed by atoms with Crippen LogP contribution < -0.4 is 0 Å². The number of hydrogen-bond acceptors (Lipinski definition) is 5. The molecular formula is C25H23N5O2. The number of hydrogen-bond donors (Lipinski definition) is 1. The first-order valence-electron chi connectivity index (χ1n) is 11.0. The molecule has 3 aromatic heterocycles. The lowest BCUT2D eigenvalue weighted by Gasteiger charge is -2.44. The minimum absolute atomic E-state index is 0.00143. The number of pyridine rings is 1. The van der Waals surface area contributed by atoms with Gasteiger partial charge in [0, 0.05) is 31.0 Å². The molecule has 0 unspecified atom stereocenters. The van der Waals surface area contributed by atoms with E-state index in [9.17, 15) is 4.79 Å². The summed E-state index contributed by atoms with van der Waals surface area (Å²) in [5, 5.41) is 0. The number of ether oxygens (including phenoxy) is 1. The summed E-state index contributed by atoms with van der Waals surface area (Å²) >= 11 is 0. The van der Waals surface area contributed by atoms with Gasteiger partial charge in [-0.2, -0.15) is 0 Å². The third kappa shape index (κ3) is 3.17. The van der Waals surface area contributed by atoms with Gasteiger partial charge >= 0.3 is 0 Å². The van der Waals surface area contributed by atoms with Crippen molar-refractivity contribution in [3.8, 4) is 11.4 Å². The molecule has 1 amide bonds. The maximum Gasteiger partial charge on any atom is 0.270 e. The predicted octanol–water partition coefficient (Wildman–Crippen LogP) is 3.72. The second-order valence-electron chi connectivity index (χ2n) is 8.44. The van der Waals surface area contributed by atoms with Crippen LogP contribution in [0.5, 0.6) is 0 Å². The van der Waals surface area contributed by atoms with E-state index in [1.165, 1.54) is 0 Å². The molecule has 1 aromatic carbocycles. The lowest BCUT2D eigenvalue weighted by molar-refractivity contribution is -0.0967. The van der Waals surface area contributed by atoms with E-state index in [-0.39, 0.29) is 5.91 Å². The Morgan fingerprint density at radius 1 is 1.06 bits per heavy atom. The molecule has 6 rings (SSSR count). The van der Waals surface area contributed by atoms with Gasteiger partial charge in [0.25, 0.3) is 5.91 Å². The van der Waals surface area contributed by atoms with E-state index in [4.69, 9.17) is 9.72 Å². The highest BCUT2D eigenvalue weighted by atomic mass is 16.5. The Balaban J connectivity index is 1.26. The highest BCUT2D eigenvalue weighted by molar-refractivity contribution is 5.97. The summed E-state index contributed by atoms with van der Waals surface area (Å²) in [6.45, 7) is 1.89. The van der Waals surface area contributed by atoms with Crippen molar-refractivity contribution < 1.29 is 9.53 Å². The van der Waals surface area contributed by atoms with Gasteiger partial charge in [-0.15, -0.1) is 0 Å². The summed E-state index contributed by atoms with van der Waals surface area (Å²) in [4.78, 5) is 32.1. The minimum Gasteiger partial charge on any atom is -0.368 e. The molecular weight excluding hydrogens is 402 g/mol. The number of nitrogens with one attached hydrogen (secondary N) is 1. The smallest absolute Gasteiger partial charge is 0.270 e. The highest BCUT2D eigenvalue weighted by Gasteiger charge is 2.43. The molecule has 2 aliphatic rings. The van der Waals surface area contributed by atoms with E-state index >= 15 is 0 Å². The molecule has 0 radical (unpaired) electrons. The maximum atomic E-state index is 13.1. The fourth-order valence-corrected chi connectivity index (χ4v) is 4.83. The Kier molecular flexibility index (Phi) is 4.50. The first kappa shape index (κ1) is 19.1. The number of aromatic nitrogens is 4. The Labute approximate surface area is 185 Å². The molecule has 2 aliphatic heterocycles. The molecule has 0 saturated carbocycles. The lowest BCUT2D eigenvalue weighted by atomic mass is 9.83. The van der Waals surface area contributed by atoms with Crippen molar-refractivity contribution in [1.82, 2.24) is 24.8 Å². The summed E-state index contributed by atoms with van der Waals surface area (Å²) in [6.07, 6.45) is 5.93. The number of H-pyrrole nitrogens is 1. The molecule has 4 aromatic rings. The number of rotatable bonds is 2. The third-order valence-electron chi connectivity index (χ3n) is 6.56. The highest BCUT2D eigenvalue weighted by Crippen LogP contribution is 2.41. The van der Waals surface area contributed by atoms with Crippen molar-refractivity contribution in [3.63, 3.8) is 0 Å². The Morgan fingerprint density at radius 3 is 2.72 bits per heavy atom. The standard InChI is InChI=1S/C25H23N5O2/c31-24(21-15-20-19(28-21)7-4-11-26-20)30-12-9-25(10-13-30)22-18(8-14-32-25)16-27-23(29-22)17-5-2-1-3-6-17/h1-7,11,15-16,28H,8-10,12-14H2. The van der Waals surface area contributed by atoms with Gasteiger partial charge in [0.05, 0.1) is 23.3 Å². The Bertz CT molecular complexity index is 1260. The fourth-order valence-electron chi connectivity index (χ4n) is 4.83. The lowest BCUT2D eigenvalue weighted by Crippen LogP contribution is -2.49. The van der Waals surface area contributed by atoms with Gasteiger partial charge in [-0.3, -0.25) is 9.78 Å². The molecule has 7 nitrogen and oxygen atoms in total. The number of carbonyl (C=O) groups excluding carboxylic acids is 1. The zero-order valence-corrected chi connectivity index (χ0v) is 17.6. The van der Waals surface area contributed by atoms with Gasteiger partial charge in [-0.25, -0.2) is 9.97 Å². The van der Waals surface area contributed by atoms with Crippen molar-refractivity contribution >= 4 is 16.9 Å². The molecule has 1 saturated heterocycles. The molecule has 0 atom stereocenters. The summed E-state index contributed by atoms with van der Waals surface area (Å²) in [5.41, 5.74) is 4.93. The van der Waals surface area contributed by atoms with Crippen LogP contribution in [0, 0.1) is 0 Å². The number of piperidine rings is 1. The normalized spacial score (nSPS) is 17.4. The van der Waals surface area contributed by atoms with E-state index in [0.717, 1.165) is 52.9 Å². The zero-order chi connectivity index (χ0) is 21.5. The van der Waals surface area contributed by atoms with Gasteiger partial charge in [-0.1, -0.05) is 30.3 Å². The summed E-state index contributed by atoms with van der Waals surface area (Å²) in [7, 11) is 0. The van der Waals surface area contributed by atoms with Crippen LogP contribution in [0.4, 0.5) is 0 Å². The monoisotopic (exact) mass is 425 g/mol. The second-order valence-corrected chi connectivity index (χ2v) is 8.44. The van der Waals surface area contributed by atoms with Crippen LogP contribution in [-0.2, 0) is 16.8 Å². The number of benzene rings is 1. The second kappa shape index (κ2) is 7.53. The quantitative estimate of drug-likeness (QED) is 0.529. The number of likely N-dealkylation sites (tertiary alicyclic amines) is 1. The van der Waals surface area contributed by atoms with Crippen LogP contribution in [0.2, 0.25) is 0 Å². The van der Waals surface area contributed by atoms with E-state index in [0.29, 0.717) is 25.4 Å². The van der Waals surface area contributed by atoms with Crippen LogP contribution in [0.15, 0.2) is 60.9 Å². The molecule has 0 bridgehead atoms. The van der Waals surface area contributed by atoms with Crippen molar-refractivity contribution in [3.05, 3.63) is 77.9 Å². The van der Waals surface area contributed by atoms with Gasteiger partial charge in [-0.05, 0) is 43.0 Å². The molecule has 1 N–H and O–H groups in total. The van der Waals surface area contributed by atoms with Crippen molar-refractivity contribution in [1.29, 1.82) is 0 Å². The van der Waals surface area contributed by atoms with E-state index < -0.39 is 5.60 Å². The third-order valence-corrected chi connectivity index (χ3v) is 6.56. The van der Waals surface area contributed by atoms with Crippen LogP contribution in [0.1, 0.15) is 34.6 Å². The molecule has 0 aliphatic carbocycles. The van der Waals surface area contributed by atoms with Gasteiger partial charge in [0.2, 0.25) is 0 Å². The van der Waals surface area contributed by atoms with Crippen LogP contribution in [-0.4, -0.2) is 50.4 Å². The zero-order valence-electron chi connectivity index (χ0n) is 17.6. The number of carbonyl (C=O) groups is 1. The maximum absolute atomic E-state index is 13.1. The summed E-state index contributed by atoms with van der Waals surface area (Å²) < 4.78 is 6.36. The number of fused-ring (bicyclic) bond motifs is 3. The number of aromatic amines is 1. The van der Waals surface area contributed by atoms with Crippen molar-refractivity contribution in [2.75, 3.05) is 19.7 Å². The average Bonchev–Trinajstić information content (AvgIpc) is 3.29. The number of amides is 1. The molecule has 1 spiro atoms. The van der Waals surface area contributed by atoms with Crippen molar-refractivity contribution in [2.45, 2.75) is 24.9 Å².